The molecule has 0 aromatic heterocycles. The second kappa shape index (κ2) is 3.87. The van der Waals surface area contributed by atoms with Gasteiger partial charge >= 0.3 is 11.9 Å². The van der Waals surface area contributed by atoms with Gasteiger partial charge in [0.1, 0.15) is 0 Å². The van der Waals surface area contributed by atoms with E-state index in [0.29, 0.717) is 0 Å². The molecule has 2 rings (SSSR count). The molecule has 1 saturated carbocycles. The van der Waals surface area contributed by atoms with Gasteiger partial charge in [0.05, 0.1) is 7.11 Å². The van der Waals surface area contributed by atoms with Gasteiger partial charge in [0.15, 0.2) is 5.41 Å². The molecule has 0 radical (unpaired) electrons. The lowest BCUT2D eigenvalue weighted by Gasteiger charge is -2.09. The van der Waals surface area contributed by atoms with Gasteiger partial charge in [-0.1, -0.05) is 37.3 Å². The SMILES string of the molecule is COC(=O)C1(C(=O)O)C(C)[C@@H]1c1ccccc1. The van der Waals surface area contributed by atoms with Crippen LogP contribution >= 0.6 is 0 Å². The van der Waals surface area contributed by atoms with E-state index in [4.69, 9.17) is 0 Å². The summed E-state index contributed by atoms with van der Waals surface area (Å²) in [6.45, 7) is 1.77. The second-order valence-corrected chi connectivity index (χ2v) is 4.34. The Morgan fingerprint density at radius 2 is 1.88 bits per heavy atom. The van der Waals surface area contributed by atoms with Crippen molar-refractivity contribution in [3.63, 3.8) is 0 Å². The first-order chi connectivity index (χ1) is 8.06. The summed E-state index contributed by atoms with van der Waals surface area (Å²) >= 11 is 0. The molecule has 1 aliphatic rings. The molecular formula is C13H14O4. The van der Waals surface area contributed by atoms with Gasteiger partial charge in [-0.15, -0.1) is 0 Å². The molecule has 4 heteroatoms. The summed E-state index contributed by atoms with van der Waals surface area (Å²) in [5.41, 5.74) is -0.538. The lowest BCUT2D eigenvalue weighted by Crippen LogP contribution is -2.30. The van der Waals surface area contributed by atoms with Gasteiger partial charge in [-0.05, 0) is 11.5 Å². The van der Waals surface area contributed by atoms with Crippen molar-refractivity contribution in [2.75, 3.05) is 7.11 Å². The van der Waals surface area contributed by atoms with Crippen LogP contribution in [0.1, 0.15) is 18.4 Å². The molecule has 90 valence electrons. The minimum absolute atomic E-state index is 0.241. The van der Waals surface area contributed by atoms with E-state index >= 15 is 0 Å². The molecule has 1 aliphatic carbocycles. The first-order valence-electron chi connectivity index (χ1n) is 5.43. The Morgan fingerprint density at radius 1 is 1.29 bits per heavy atom. The van der Waals surface area contributed by atoms with Crippen LogP contribution in [0.25, 0.3) is 0 Å². The van der Waals surface area contributed by atoms with Crippen molar-refractivity contribution < 1.29 is 19.4 Å². The van der Waals surface area contributed by atoms with E-state index in [1.54, 1.807) is 6.92 Å². The maximum Gasteiger partial charge on any atom is 0.324 e. The number of aliphatic carboxylic acids is 1. The first-order valence-corrected chi connectivity index (χ1v) is 5.43. The molecule has 1 aromatic rings. The highest BCUT2D eigenvalue weighted by Gasteiger charge is 2.74. The lowest BCUT2D eigenvalue weighted by molar-refractivity contribution is -0.160. The van der Waals surface area contributed by atoms with Crippen LogP contribution in [-0.4, -0.2) is 24.2 Å². The number of ether oxygens (including phenoxy) is 1. The number of hydrogen-bond donors (Lipinski definition) is 1. The number of benzene rings is 1. The number of esters is 1. The van der Waals surface area contributed by atoms with Crippen molar-refractivity contribution in [1.82, 2.24) is 0 Å². The molecule has 3 atom stereocenters. The number of carbonyl (C=O) groups is 2. The molecule has 17 heavy (non-hydrogen) atoms. The van der Waals surface area contributed by atoms with Gasteiger partial charge in [-0.25, -0.2) is 0 Å². The van der Waals surface area contributed by atoms with Crippen molar-refractivity contribution in [2.45, 2.75) is 12.8 Å². The van der Waals surface area contributed by atoms with Gasteiger partial charge < -0.3 is 9.84 Å². The normalized spacial score (nSPS) is 30.7. The monoisotopic (exact) mass is 234 g/mol. The highest BCUT2D eigenvalue weighted by atomic mass is 16.5. The summed E-state index contributed by atoms with van der Waals surface area (Å²) in [7, 11) is 1.22. The Kier molecular flexibility index (Phi) is 2.65. The van der Waals surface area contributed by atoms with Crippen LogP contribution in [0.2, 0.25) is 0 Å². The van der Waals surface area contributed by atoms with Gasteiger partial charge in [0.25, 0.3) is 0 Å². The van der Waals surface area contributed by atoms with E-state index in [1.807, 2.05) is 30.3 Å². The Hall–Kier alpha value is -1.84. The molecule has 0 saturated heterocycles. The summed E-state index contributed by atoms with van der Waals surface area (Å²) in [4.78, 5) is 23.1. The quantitative estimate of drug-likeness (QED) is 0.638. The fraction of sp³-hybridized carbons (Fsp3) is 0.385. The standard InChI is InChI=1S/C13H14O4/c1-8-10(9-6-4-3-5-7-9)13(8,11(14)15)12(16)17-2/h3-8,10H,1-2H3,(H,14,15)/t8?,10-,13?/m1/s1. The van der Waals surface area contributed by atoms with Crippen LogP contribution in [0.5, 0.6) is 0 Å². The Labute approximate surface area is 99.2 Å². The van der Waals surface area contributed by atoms with Crippen molar-refractivity contribution in [3.8, 4) is 0 Å². The first kappa shape index (κ1) is 11.6. The van der Waals surface area contributed by atoms with Gasteiger partial charge in [-0.3, -0.25) is 9.59 Å². The van der Waals surface area contributed by atoms with Crippen molar-refractivity contribution in [2.24, 2.45) is 11.3 Å². The summed E-state index contributed by atoms with van der Waals surface area (Å²) in [6.07, 6.45) is 0. The molecule has 1 aromatic carbocycles. The fourth-order valence-electron chi connectivity index (χ4n) is 2.67. The van der Waals surface area contributed by atoms with Gasteiger partial charge in [0.2, 0.25) is 0 Å². The molecule has 4 nitrogen and oxygen atoms in total. The molecular weight excluding hydrogens is 220 g/mol. The largest absolute Gasteiger partial charge is 0.480 e. The highest BCUT2D eigenvalue weighted by Crippen LogP contribution is 2.65. The number of rotatable bonds is 3. The van der Waals surface area contributed by atoms with E-state index in [1.165, 1.54) is 7.11 Å². The molecule has 0 amide bonds. The summed E-state index contributed by atoms with van der Waals surface area (Å²) in [5, 5.41) is 9.31. The third-order valence-electron chi connectivity index (χ3n) is 3.64. The van der Waals surface area contributed by atoms with Crippen LogP contribution < -0.4 is 0 Å². The van der Waals surface area contributed by atoms with E-state index in [0.717, 1.165) is 5.56 Å². The average Bonchev–Trinajstić information content (AvgIpc) is 2.96. The third-order valence-corrected chi connectivity index (χ3v) is 3.64. The minimum Gasteiger partial charge on any atom is -0.480 e. The smallest absolute Gasteiger partial charge is 0.324 e. The zero-order valence-electron chi connectivity index (χ0n) is 9.71. The minimum atomic E-state index is -1.41. The van der Waals surface area contributed by atoms with Crippen molar-refractivity contribution >= 4 is 11.9 Å². The molecule has 0 spiro atoms. The molecule has 0 bridgehead atoms. The molecule has 1 N–H and O–H groups in total. The lowest BCUT2D eigenvalue weighted by atomic mass is 9.99. The molecule has 0 aliphatic heterocycles. The van der Waals surface area contributed by atoms with Crippen molar-refractivity contribution in [1.29, 1.82) is 0 Å². The maximum absolute atomic E-state index is 11.7. The van der Waals surface area contributed by atoms with Crippen LogP contribution in [0.3, 0.4) is 0 Å². The van der Waals surface area contributed by atoms with Gasteiger partial charge in [0, 0.05) is 5.92 Å². The van der Waals surface area contributed by atoms with E-state index in [-0.39, 0.29) is 11.8 Å². The zero-order valence-corrected chi connectivity index (χ0v) is 9.71. The van der Waals surface area contributed by atoms with Crippen LogP contribution in [-0.2, 0) is 14.3 Å². The van der Waals surface area contributed by atoms with E-state index in [9.17, 15) is 14.7 Å². The van der Waals surface area contributed by atoms with Crippen LogP contribution in [0, 0.1) is 11.3 Å². The third kappa shape index (κ3) is 1.44. The average molecular weight is 234 g/mol. The summed E-state index contributed by atoms with van der Waals surface area (Å²) in [5.74, 6) is -2.31. The highest BCUT2D eigenvalue weighted by molar-refractivity contribution is 6.05. The fourth-order valence-corrected chi connectivity index (χ4v) is 2.67. The molecule has 1 fully saturated rings. The Morgan fingerprint density at radius 3 is 2.35 bits per heavy atom. The van der Waals surface area contributed by atoms with E-state index < -0.39 is 17.4 Å². The Balaban J connectivity index is 2.40. The number of carboxylic acid groups (broad SMARTS) is 1. The van der Waals surface area contributed by atoms with Crippen LogP contribution in [0.15, 0.2) is 30.3 Å². The zero-order chi connectivity index (χ0) is 12.6. The predicted molar refractivity (Wildman–Crippen MR) is 60.4 cm³/mol. The van der Waals surface area contributed by atoms with Gasteiger partial charge in [-0.2, -0.15) is 0 Å². The maximum atomic E-state index is 11.7. The second-order valence-electron chi connectivity index (χ2n) is 4.34. The Bertz CT molecular complexity index is 454. The molecule has 2 unspecified atom stereocenters. The van der Waals surface area contributed by atoms with Crippen molar-refractivity contribution in [3.05, 3.63) is 35.9 Å². The number of hydrogen-bond acceptors (Lipinski definition) is 3. The number of methoxy groups -OCH3 is 1. The topological polar surface area (TPSA) is 63.6 Å². The summed E-state index contributed by atoms with van der Waals surface area (Å²) in [6, 6.07) is 9.22. The number of carboxylic acids is 1. The summed E-state index contributed by atoms with van der Waals surface area (Å²) < 4.78 is 4.64. The molecule has 0 heterocycles. The predicted octanol–water partition coefficient (Wildman–Crippen LogP) is 1.66. The number of carbonyl (C=O) groups excluding carboxylic acids is 1. The van der Waals surface area contributed by atoms with E-state index in [2.05, 4.69) is 4.74 Å². The van der Waals surface area contributed by atoms with Crippen LogP contribution in [0.4, 0.5) is 0 Å².